The number of rotatable bonds is 5. The van der Waals surface area contributed by atoms with Gasteiger partial charge in [-0.3, -0.25) is 4.98 Å². The van der Waals surface area contributed by atoms with Crippen LogP contribution in [-0.2, 0) is 4.65 Å². The summed E-state index contributed by atoms with van der Waals surface area (Å²) in [5.74, 6) is 1.53. The first kappa shape index (κ1) is 17.0. The number of benzene rings is 1. The zero-order valence-corrected chi connectivity index (χ0v) is 14.9. The molecule has 134 valence electrons. The Bertz CT molecular complexity index is 817. The summed E-state index contributed by atoms with van der Waals surface area (Å²) >= 11 is 0. The number of hydrogen-bond donors (Lipinski definition) is 1. The first-order valence-electron chi connectivity index (χ1n) is 9.06. The minimum absolute atomic E-state index is 0.269. The molecule has 4 rings (SSSR count). The Morgan fingerprint density at radius 2 is 1.88 bits per heavy atom. The summed E-state index contributed by atoms with van der Waals surface area (Å²) in [6, 6.07) is 8.03. The highest BCUT2D eigenvalue weighted by Crippen LogP contribution is 2.36. The molecule has 0 unspecified atom stereocenters. The molecule has 1 fully saturated rings. The molecule has 0 radical (unpaired) electrons. The number of hydrogen-bond acceptors (Lipinski definition) is 5. The third-order valence-corrected chi connectivity index (χ3v) is 4.96. The van der Waals surface area contributed by atoms with Crippen LogP contribution >= 0.6 is 0 Å². The van der Waals surface area contributed by atoms with Crippen molar-refractivity contribution < 1.29 is 19.2 Å². The van der Waals surface area contributed by atoms with Gasteiger partial charge in [0.15, 0.2) is 11.5 Å². The molecule has 2 heterocycles. The number of aromatic nitrogens is 1. The van der Waals surface area contributed by atoms with Crippen molar-refractivity contribution in [2.75, 3.05) is 7.11 Å². The lowest BCUT2D eigenvalue weighted by Crippen LogP contribution is -2.11. The standard InChI is InChI=1S/C20H22BNO4/c1-24-19-7-6-14(9-20(19)26-18-4-2-3-5-18)15-8-16(12-22-11-15)17-10-21(23)25-13-17/h6-9,11-13,18,23H,2-5,10H2,1H3. The summed E-state index contributed by atoms with van der Waals surface area (Å²) in [7, 11) is 0.900. The molecular formula is C20H22BNO4. The Kier molecular flexibility index (Phi) is 4.84. The lowest BCUT2D eigenvalue weighted by molar-refractivity contribution is 0.201. The van der Waals surface area contributed by atoms with Crippen molar-refractivity contribution in [1.82, 2.24) is 4.98 Å². The predicted octanol–water partition coefficient (Wildman–Crippen LogP) is 3.93. The molecule has 1 aromatic carbocycles. The van der Waals surface area contributed by atoms with Gasteiger partial charge in [0.1, 0.15) is 0 Å². The highest BCUT2D eigenvalue weighted by atomic mass is 16.5. The topological polar surface area (TPSA) is 60.8 Å². The minimum Gasteiger partial charge on any atom is -0.542 e. The van der Waals surface area contributed by atoms with Crippen molar-refractivity contribution in [2.24, 2.45) is 0 Å². The maximum Gasteiger partial charge on any atom is 0.526 e. The largest absolute Gasteiger partial charge is 0.542 e. The first-order chi connectivity index (χ1) is 12.7. The number of allylic oxidation sites excluding steroid dienone is 1. The van der Waals surface area contributed by atoms with Gasteiger partial charge in [0.2, 0.25) is 0 Å². The second kappa shape index (κ2) is 7.42. The normalized spacial score (nSPS) is 17.2. The van der Waals surface area contributed by atoms with Crippen LogP contribution in [0.5, 0.6) is 11.5 Å². The summed E-state index contributed by atoms with van der Waals surface area (Å²) in [6.45, 7) is 0. The van der Waals surface area contributed by atoms with Crippen LogP contribution in [0, 0.1) is 0 Å². The van der Waals surface area contributed by atoms with E-state index < -0.39 is 7.12 Å². The number of methoxy groups -OCH3 is 1. The molecule has 6 heteroatoms. The molecular weight excluding hydrogens is 329 g/mol. The Morgan fingerprint density at radius 3 is 2.62 bits per heavy atom. The van der Waals surface area contributed by atoms with Gasteiger partial charge >= 0.3 is 7.12 Å². The van der Waals surface area contributed by atoms with Gasteiger partial charge in [0.05, 0.1) is 19.5 Å². The average molecular weight is 351 g/mol. The van der Waals surface area contributed by atoms with E-state index in [2.05, 4.69) is 11.1 Å². The van der Waals surface area contributed by atoms with Crippen LogP contribution in [0.4, 0.5) is 0 Å². The summed E-state index contributed by atoms with van der Waals surface area (Å²) in [6.07, 6.45) is 10.6. The predicted molar refractivity (Wildman–Crippen MR) is 101 cm³/mol. The minimum atomic E-state index is -0.763. The van der Waals surface area contributed by atoms with Crippen LogP contribution in [0.15, 0.2) is 42.9 Å². The van der Waals surface area contributed by atoms with E-state index in [0.717, 1.165) is 46.6 Å². The molecule has 1 saturated carbocycles. The van der Waals surface area contributed by atoms with Crippen LogP contribution < -0.4 is 9.47 Å². The second-order valence-electron chi connectivity index (χ2n) is 6.79. The van der Waals surface area contributed by atoms with Crippen molar-refractivity contribution in [3.8, 4) is 22.6 Å². The van der Waals surface area contributed by atoms with Crippen LogP contribution in [0.2, 0.25) is 6.32 Å². The van der Waals surface area contributed by atoms with E-state index in [9.17, 15) is 5.02 Å². The molecule has 5 nitrogen and oxygen atoms in total. The molecule has 0 bridgehead atoms. The summed E-state index contributed by atoms with van der Waals surface area (Å²) in [4.78, 5) is 4.36. The van der Waals surface area contributed by atoms with Crippen molar-refractivity contribution in [1.29, 1.82) is 0 Å². The lowest BCUT2D eigenvalue weighted by Gasteiger charge is -2.17. The van der Waals surface area contributed by atoms with Crippen LogP contribution in [0.25, 0.3) is 16.7 Å². The van der Waals surface area contributed by atoms with Gasteiger partial charge in [-0.05, 0) is 60.6 Å². The van der Waals surface area contributed by atoms with E-state index in [1.54, 1.807) is 19.6 Å². The van der Waals surface area contributed by atoms with Crippen molar-refractivity contribution in [3.63, 3.8) is 0 Å². The average Bonchev–Trinajstić information content (AvgIpc) is 3.33. The van der Waals surface area contributed by atoms with E-state index in [0.29, 0.717) is 6.32 Å². The van der Waals surface area contributed by atoms with Gasteiger partial charge in [-0.15, -0.1) is 0 Å². The lowest BCUT2D eigenvalue weighted by atomic mass is 9.82. The fourth-order valence-electron chi connectivity index (χ4n) is 3.54. The van der Waals surface area contributed by atoms with Gasteiger partial charge in [0.25, 0.3) is 0 Å². The van der Waals surface area contributed by atoms with E-state index >= 15 is 0 Å². The van der Waals surface area contributed by atoms with Crippen molar-refractivity contribution in [2.45, 2.75) is 38.1 Å². The Labute approximate surface area is 153 Å². The second-order valence-corrected chi connectivity index (χ2v) is 6.79. The SMILES string of the molecule is COc1ccc(-c2cncc(C3=COB(O)C3)c2)cc1OC1CCCC1. The maximum absolute atomic E-state index is 9.55. The van der Waals surface area contributed by atoms with Gasteiger partial charge in [0, 0.05) is 24.3 Å². The Morgan fingerprint density at radius 1 is 1.08 bits per heavy atom. The molecule has 0 spiro atoms. The fourth-order valence-corrected chi connectivity index (χ4v) is 3.54. The third kappa shape index (κ3) is 3.56. The highest BCUT2D eigenvalue weighted by molar-refractivity contribution is 6.47. The molecule has 0 saturated heterocycles. The summed E-state index contributed by atoms with van der Waals surface area (Å²) in [5.41, 5.74) is 3.91. The quantitative estimate of drug-likeness (QED) is 0.827. The third-order valence-electron chi connectivity index (χ3n) is 4.96. The van der Waals surface area contributed by atoms with E-state index in [1.807, 2.05) is 24.4 Å². The van der Waals surface area contributed by atoms with E-state index in [4.69, 9.17) is 14.1 Å². The van der Waals surface area contributed by atoms with Gasteiger partial charge in [-0.1, -0.05) is 6.07 Å². The Hall–Kier alpha value is -2.47. The Balaban J connectivity index is 1.63. The van der Waals surface area contributed by atoms with E-state index in [1.165, 1.54) is 12.8 Å². The molecule has 1 aliphatic carbocycles. The number of pyridine rings is 1. The monoisotopic (exact) mass is 351 g/mol. The summed E-state index contributed by atoms with van der Waals surface area (Å²) in [5, 5.41) is 9.55. The summed E-state index contributed by atoms with van der Waals surface area (Å²) < 4.78 is 16.8. The molecule has 1 N–H and O–H groups in total. The highest BCUT2D eigenvalue weighted by Gasteiger charge is 2.24. The van der Waals surface area contributed by atoms with Crippen LogP contribution in [-0.4, -0.2) is 30.3 Å². The molecule has 1 aromatic heterocycles. The number of nitrogens with zero attached hydrogens (tertiary/aromatic N) is 1. The van der Waals surface area contributed by atoms with Crippen LogP contribution in [0.1, 0.15) is 31.2 Å². The molecule has 2 aliphatic rings. The number of ether oxygens (including phenoxy) is 2. The van der Waals surface area contributed by atoms with Gasteiger partial charge in [-0.25, -0.2) is 0 Å². The zero-order valence-electron chi connectivity index (χ0n) is 14.9. The maximum atomic E-state index is 9.55. The van der Waals surface area contributed by atoms with Crippen molar-refractivity contribution in [3.05, 3.63) is 48.5 Å². The van der Waals surface area contributed by atoms with Gasteiger partial charge < -0.3 is 19.2 Å². The molecule has 0 atom stereocenters. The van der Waals surface area contributed by atoms with Crippen molar-refractivity contribution >= 4 is 12.7 Å². The smallest absolute Gasteiger partial charge is 0.526 e. The first-order valence-corrected chi connectivity index (χ1v) is 9.06. The molecule has 26 heavy (non-hydrogen) atoms. The zero-order chi connectivity index (χ0) is 17.9. The molecule has 2 aromatic rings. The van der Waals surface area contributed by atoms with Crippen LogP contribution in [0.3, 0.4) is 0 Å². The molecule has 1 aliphatic heterocycles. The van der Waals surface area contributed by atoms with Gasteiger partial charge in [-0.2, -0.15) is 0 Å². The fraction of sp³-hybridized carbons (Fsp3) is 0.350. The molecule has 0 amide bonds. The van der Waals surface area contributed by atoms with E-state index in [-0.39, 0.29) is 6.10 Å².